The zero-order valence-electron chi connectivity index (χ0n) is 16.9. The average molecular weight is 473 g/mol. The highest BCUT2D eigenvalue weighted by atomic mass is 35.5. The van der Waals surface area contributed by atoms with Crippen molar-refractivity contribution in [3.63, 3.8) is 0 Å². The van der Waals surface area contributed by atoms with E-state index in [2.05, 4.69) is 4.98 Å². The van der Waals surface area contributed by atoms with Crippen LogP contribution in [0.3, 0.4) is 0 Å². The number of hydrogen-bond acceptors (Lipinski definition) is 5. The SMILES string of the molecule is Cc1nc(C)c(C(=O)C2=C(O)C(=O)N(c3cc(Cl)cc(Cl)c3)C2c2ccccc2C)s1. The van der Waals surface area contributed by atoms with Gasteiger partial charge in [0.15, 0.2) is 5.76 Å². The number of aliphatic hydroxyl groups excluding tert-OH is 1. The summed E-state index contributed by atoms with van der Waals surface area (Å²) in [6, 6.07) is 11.3. The van der Waals surface area contributed by atoms with Crippen molar-refractivity contribution in [2.75, 3.05) is 4.90 Å². The summed E-state index contributed by atoms with van der Waals surface area (Å²) in [5, 5.41) is 12.3. The van der Waals surface area contributed by atoms with Gasteiger partial charge in [0.2, 0.25) is 5.78 Å². The van der Waals surface area contributed by atoms with Crippen molar-refractivity contribution in [1.82, 2.24) is 4.98 Å². The quantitative estimate of drug-likeness (QED) is 0.461. The minimum absolute atomic E-state index is 0.0159. The lowest BCUT2D eigenvalue weighted by atomic mass is 9.92. The number of carbonyl (C=O) groups is 2. The Labute approximate surface area is 193 Å². The summed E-state index contributed by atoms with van der Waals surface area (Å²) in [7, 11) is 0. The molecule has 0 saturated heterocycles. The Bertz CT molecular complexity index is 1250. The van der Waals surface area contributed by atoms with Gasteiger partial charge in [0.1, 0.15) is 0 Å². The molecule has 1 N–H and O–H groups in total. The molecule has 4 rings (SSSR count). The van der Waals surface area contributed by atoms with E-state index >= 15 is 0 Å². The van der Waals surface area contributed by atoms with E-state index in [-0.39, 0.29) is 5.57 Å². The summed E-state index contributed by atoms with van der Waals surface area (Å²) < 4.78 is 0. The number of nitrogens with zero attached hydrogens (tertiary/aromatic N) is 2. The van der Waals surface area contributed by atoms with E-state index in [1.807, 2.05) is 38.1 Å². The standard InChI is InChI=1S/C23H18Cl2N2O3S/c1-11-6-4-5-7-17(11)19-18(20(28)22-12(2)26-13(3)31-22)21(29)23(30)27(19)16-9-14(24)8-15(25)10-16/h4-10,19,29H,1-3H3. The van der Waals surface area contributed by atoms with Crippen molar-refractivity contribution >= 4 is 51.9 Å². The second-order valence-electron chi connectivity index (χ2n) is 7.30. The molecule has 1 unspecified atom stereocenters. The van der Waals surface area contributed by atoms with Crippen molar-refractivity contribution in [2.45, 2.75) is 26.8 Å². The van der Waals surface area contributed by atoms with Crippen LogP contribution < -0.4 is 4.90 Å². The molecule has 3 aromatic rings. The Hall–Kier alpha value is -2.67. The number of aromatic nitrogens is 1. The molecule has 1 aliphatic heterocycles. The number of rotatable bonds is 4. The third-order valence-corrected chi connectivity index (χ3v) is 6.68. The molecule has 8 heteroatoms. The summed E-state index contributed by atoms with van der Waals surface area (Å²) in [5.41, 5.74) is 2.56. The molecule has 31 heavy (non-hydrogen) atoms. The topological polar surface area (TPSA) is 70.5 Å². The van der Waals surface area contributed by atoms with E-state index in [1.54, 1.807) is 25.1 Å². The van der Waals surface area contributed by atoms with Crippen LogP contribution in [0, 0.1) is 20.8 Å². The fourth-order valence-electron chi connectivity index (χ4n) is 3.83. The van der Waals surface area contributed by atoms with Gasteiger partial charge in [0.05, 0.1) is 27.2 Å². The van der Waals surface area contributed by atoms with E-state index in [0.717, 1.165) is 16.1 Å². The molecule has 1 atom stereocenters. The number of ketones is 1. The number of aryl methyl sites for hydroxylation is 3. The molecule has 0 radical (unpaired) electrons. The number of amides is 1. The van der Waals surface area contributed by atoms with Gasteiger partial charge in [0, 0.05) is 15.7 Å². The van der Waals surface area contributed by atoms with Gasteiger partial charge in [0.25, 0.3) is 5.91 Å². The lowest BCUT2D eigenvalue weighted by molar-refractivity contribution is -0.117. The zero-order chi connectivity index (χ0) is 22.4. The number of anilines is 1. The maximum absolute atomic E-state index is 13.6. The van der Waals surface area contributed by atoms with Crippen molar-refractivity contribution in [1.29, 1.82) is 0 Å². The second kappa shape index (κ2) is 8.11. The van der Waals surface area contributed by atoms with Crippen LogP contribution in [0.4, 0.5) is 5.69 Å². The van der Waals surface area contributed by atoms with E-state index in [9.17, 15) is 14.7 Å². The molecule has 2 aromatic carbocycles. The molecule has 0 saturated carbocycles. The van der Waals surface area contributed by atoms with Crippen LogP contribution in [0.2, 0.25) is 10.0 Å². The molecule has 158 valence electrons. The largest absolute Gasteiger partial charge is 0.503 e. The normalized spacial score (nSPS) is 16.4. The van der Waals surface area contributed by atoms with Crippen LogP contribution in [-0.2, 0) is 4.79 Å². The minimum Gasteiger partial charge on any atom is -0.503 e. The summed E-state index contributed by atoms with van der Waals surface area (Å²) in [6.45, 7) is 5.44. The molecular formula is C23H18Cl2N2O3S. The smallest absolute Gasteiger partial charge is 0.294 e. The second-order valence-corrected chi connectivity index (χ2v) is 9.38. The average Bonchev–Trinajstić information content (AvgIpc) is 3.17. The summed E-state index contributed by atoms with van der Waals surface area (Å²) in [6.07, 6.45) is 0. The number of hydrogen-bond donors (Lipinski definition) is 1. The van der Waals surface area contributed by atoms with E-state index < -0.39 is 23.5 Å². The molecule has 1 amide bonds. The molecule has 1 aliphatic rings. The number of carbonyl (C=O) groups excluding carboxylic acids is 2. The van der Waals surface area contributed by atoms with Gasteiger partial charge in [-0.15, -0.1) is 11.3 Å². The van der Waals surface area contributed by atoms with Crippen molar-refractivity contribution in [3.05, 3.63) is 90.5 Å². The van der Waals surface area contributed by atoms with Gasteiger partial charge in [-0.3, -0.25) is 14.5 Å². The van der Waals surface area contributed by atoms with Gasteiger partial charge in [-0.1, -0.05) is 47.5 Å². The third-order valence-electron chi connectivity index (χ3n) is 5.17. The van der Waals surface area contributed by atoms with Crippen molar-refractivity contribution in [3.8, 4) is 0 Å². The Morgan fingerprint density at radius 2 is 1.74 bits per heavy atom. The molecule has 0 bridgehead atoms. The van der Waals surface area contributed by atoms with Crippen molar-refractivity contribution in [2.24, 2.45) is 0 Å². The van der Waals surface area contributed by atoms with Gasteiger partial charge in [-0.2, -0.15) is 0 Å². The van der Waals surface area contributed by atoms with Crippen LogP contribution in [-0.4, -0.2) is 21.8 Å². The maximum atomic E-state index is 13.6. The lowest BCUT2D eigenvalue weighted by Gasteiger charge is -2.28. The summed E-state index contributed by atoms with van der Waals surface area (Å²) >= 11 is 13.6. The molecule has 2 heterocycles. The van der Waals surface area contributed by atoms with E-state index in [4.69, 9.17) is 23.2 Å². The number of Topliss-reactive ketones (excluding diaryl/α,β-unsaturated/α-hetero) is 1. The number of benzene rings is 2. The third kappa shape index (κ3) is 3.76. The highest BCUT2D eigenvalue weighted by Crippen LogP contribution is 2.44. The number of halogens is 2. The zero-order valence-corrected chi connectivity index (χ0v) is 19.3. The molecule has 1 aromatic heterocycles. The van der Waals surface area contributed by atoms with Gasteiger partial charge in [-0.25, -0.2) is 4.98 Å². The molecule has 0 aliphatic carbocycles. The van der Waals surface area contributed by atoms with E-state index in [1.165, 1.54) is 16.2 Å². The predicted molar refractivity (Wildman–Crippen MR) is 123 cm³/mol. The van der Waals surface area contributed by atoms with Crippen LogP contribution in [0.1, 0.15) is 37.5 Å². The summed E-state index contributed by atoms with van der Waals surface area (Å²) in [5.74, 6) is -1.69. The first-order valence-electron chi connectivity index (χ1n) is 9.46. The van der Waals surface area contributed by atoms with Gasteiger partial charge in [-0.05, 0) is 50.1 Å². The molecule has 0 spiro atoms. The lowest BCUT2D eigenvalue weighted by Crippen LogP contribution is -2.31. The minimum atomic E-state index is -0.836. The maximum Gasteiger partial charge on any atom is 0.294 e. The Balaban J connectivity index is 1.94. The highest BCUT2D eigenvalue weighted by molar-refractivity contribution is 7.14. The molecule has 0 fully saturated rings. The first-order chi connectivity index (χ1) is 14.7. The van der Waals surface area contributed by atoms with Gasteiger partial charge >= 0.3 is 0 Å². The Morgan fingerprint density at radius 3 is 2.32 bits per heavy atom. The highest BCUT2D eigenvalue weighted by Gasteiger charge is 2.45. The number of aliphatic hydroxyl groups is 1. The summed E-state index contributed by atoms with van der Waals surface area (Å²) in [4.78, 5) is 32.9. The van der Waals surface area contributed by atoms with Gasteiger partial charge < -0.3 is 5.11 Å². The predicted octanol–water partition coefficient (Wildman–Crippen LogP) is 6.16. The molecule has 5 nitrogen and oxygen atoms in total. The molecular weight excluding hydrogens is 455 g/mol. The fraction of sp³-hybridized carbons (Fsp3) is 0.174. The Morgan fingerprint density at radius 1 is 1.10 bits per heavy atom. The fourth-order valence-corrected chi connectivity index (χ4v) is 5.22. The van der Waals surface area contributed by atoms with E-state index in [0.29, 0.717) is 26.3 Å². The van der Waals surface area contributed by atoms with Crippen LogP contribution in [0.15, 0.2) is 53.8 Å². The van der Waals surface area contributed by atoms with Crippen LogP contribution in [0.5, 0.6) is 0 Å². The van der Waals surface area contributed by atoms with Crippen molar-refractivity contribution < 1.29 is 14.7 Å². The number of thiazole rings is 1. The first kappa shape index (κ1) is 21.6. The first-order valence-corrected chi connectivity index (χ1v) is 11.0. The van der Waals surface area contributed by atoms with Crippen LogP contribution in [0.25, 0.3) is 0 Å². The Kier molecular flexibility index (Phi) is 5.64. The van der Waals surface area contributed by atoms with Crippen LogP contribution >= 0.6 is 34.5 Å². The monoisotopic (exact) mass is 472 g/mol.